The summed E-state index contributed by atoms with van der Waals surface area (Å²) in [6.07, 6.45) is 3.60. The lowest BCUT2D eigenvalue weighted by Gasteiger charge is -2.11. The molecule has 1 rings (SSSR count). The largest absolute Gasteiger partial charge is 0.354 e. The molecule has 4 heteroatoms. The zero-order valence-electron chi connectivity index (χ0n) is 10.8. The van der Waals surface area contributed by atoms with E-state index >= 15 is 0 Å². The van der Waals surface area contributed by atoms with E-state index in [1.165, 1.54) is 0 Å². The quantitative estimate of drug-likeness (QED) is 0.798. The van der Waals surface area contributed by atoms with Crippen molar-refractivity contribution in [1.82, 2.24) is 5.32 Å². The van der Waals surface area contributed by atoms with Gasteiger partial charge in [-0.05, 0) is 30.5 Å². The molecule has 1 unspecified atom stereocenters. The number of carbonyl (C=O) groups is 1. The van der Waals surface area contributed by atoms with Gasteiger partial charge < -0.3 is 11.1 Å². The molecule has 1 amide bonds. The fraction of sp³-hybridized carbons (Fsp3) is 0.500. The third-order valence-corrected chi connectivity index (χ3v) is 3.08. The number of hydrogen-bond acceptors (Lipinski definition) is 2. The maximum absolute atomic E-state index is 11.6. The number of nitrogens with one attached hydrogen (secondary N) is 1. The molecule has 1 atom stereocenters. The fourth-order valence-corrected chi connectivity index (χ4v) is 1.79. The number of halogens is 1. The minimum Gasteiger partial charge on any atom is -0.354 e. The van der Waals surface area contributed by atoms with Crippen LogP contribution in [-0.4, -0.2) is 18.5 Å². The van der Waals surface area contributed by atoms with Gasteiger partial charge in [0.15, 0.2) is 0 Å². The van der Waals surface area contributed by atoms with E-state index in [0.29, 0.717) is 6.54 Å². The molecule has 0 heterocycles. The number of amides is 1. The molecule has 3 N–H and O–H groups in total. The van der Waals surface area contributed by atoms with Crippen molar-refractivity contribution < 1.29 is 4.79 Å². The Balaban J connectivity index is 2.24. The molecule has 0 aliphatic heterocycles. The highest BCUT2D eigenvalue weighted by Crippen LogP contribution is 2.09. The highest BCUT2D eigenvalue weighted by Gasteiger charge is 2.11. The van der Waals surface area contributed by atoms with Crippen molar-refractivity contribution in [2.75, 3.05) is 6.54 Å². The van der Waals surface area contributed by atoms with Crippen molar-refractivity contribution in [3.05, 3.63) is 34.9 Å². The molecule has 0 spiro atoms. The minimum absolute atomic E-state index is 0.0580. The lowest BCUT2D eigenvalue weighted by atomic mass is 10.1. The summed E-state index contributed by atoms with van der Waals surface area (Å²) in [5.41, 5.74) is 6.93. The van der Waals surface area contributed by atoms with Crippen LogP contribution in [0, 0.1) is 0 Å². The van der Waals surface area contributed by atoms with Crippen LogP contribution in [0.25, 0.3) is 0 Å². The topological polar surface area (TPSA) is 55.1 Å². The van der Waals surface area contributed by atoms with Gasteiger partial charge in [-0.25, -0.2) is 0 Å². The van der Waals surface area contributed by atoms with Gasteiger partial charge in [0.2, 0.25) is 5.91 Å². The lowest BCUT2D eigenvalue weighted by Crippen LogP contribution is -2.41. The van der Waals surface area contributed by atoms with Crippen LogP contribution in [0.1, 0.15) is 31.7 Å². The van der Waals surface area contributed by atoms with Crippen molar-refractivity contribution in [3.63, 3.8) is 0 Å². The number of benzene rings is 1. The maximum atomic E-state index is 11.6. The van der Waals surface area contributed by atoms with Gasteiger partial charge >= 0.3 is 0 Å². The molecular formula is C14H21ClN2O. The fourth-order valence-electron chi connectivity index (χ4n) is 1.67. The summed E-state index contributed by atoms with van der Waals surface area (Å²) in [5.74, 6) is -0.0580. The van der Waals surface area contributed by atoms with Gasteiger partial charge in [0.25, 0.3) is 0 Å². The molecule has 0 aliphatic carbocycles. The first kappa shape index (κ1) is 15.0. The van der Waals surface area contributed by atoms with Crippen LogP contribution in [-0.2, 0) is 11.2 Å². The van der Waals surface area contributed by atoms with Gasteiger partial charge in [0.1, 0.15) is 0 Å². The summed E-state index contributed by atoms with van der Waals surface area (Å²) in [6, 6.07) is 7.25. The third-order valence-electron chi connectivity index (χ3n) is 2.83. The highest BCUT2D eigenvalue weighted by molar-refractivity contribution is 6.30. The first-order valence-corrected chi connectivity index (χ1v) is 6.79. The molecule has 1 aromatic rings. The second-order valence-electron chi connectivity index (χ2n) is 4.42. The molecule has 0 radical (unpaired) electrons. The summed E-state index contributed by atoms with van der Waals surface area (Å²) < 4.78 is 0. The normalized spacial score (nSPS) is 12.2. The Hall–Kier alpha value is -1.06. The Bertz CT molecular complexity index is 365. The first-order valence-electron chi connectivity index (χ1n) is 6.41. The Morgan fingerprint density at radius 3 is 2.67 bits per heavy atom. The average Bonchev–Trinajstić information content (AvgIpc) is 2.38. The van der Waals surface area contributed by atoms with Crippen molar-refractivity contribution in [3.8, 4) is 0 Å². The Labute approximate surface area is 114 Å². The minimum atomic E-state index is -0.379. The predicted octanol–water partition coefficient (Wildman–Crippen LogP) is 2.52. The van der Waals surface area contributed by atoms with Crippen molar-refractivity contribution >= 4 is 17.5 Å². The number of nitrogens with two attached hydrogens (primary N) is 1. The molecule has 1 aromatic carbocycles. The summed E-state index contributed by atoms with van der Waals surface area (Å²) in [6.45, 7) is 2.70. The van der Waals surface area contributed by atoms with Crippen LogP contribution in [0.3, 0.4) is 0 Å². The molecule has 0 aromatic heterocycles. The van der Waals surface area contributed by atoms with E-state index in [9.17, 15) is 4.79 Å². The smallest absolute Gasteiger partial charge is 0.236 e. The number of unbranched alkanes of at least 4 members (excludes halogenated alkanes) is 1. The predicted molar refractivity (Wildman–Crippen MR) is 75.7 cm³/mol. The molecular weight excluding hydrogens is 248 g/mol. The maximum Gasteiger partial charge on any atom is 0.236 e. The van der Waals surface area contributed by atoms with Gasteiger partial charge in [-0.1, -0.05) is 43.5 Å². The molecule has 0 fully saturated rings. The third kappa shape index (κ3) is 5.52. The van der Waals surface area contributed by atoms with Crippen molar-refractivity contribution in [1.29, 1.82) is 0 Å². The molecule has 100 valence electrons. The van der Waals surface area contributed by atoms with Crippen molar-refractivity contribution in [2.24, 2.45) is 5.73 Å². The Morgan fingerprint density at radius 2 is 2.06 bits per heavy atom. The monoisotopic (exact) mass is 268 g/mol. The molecule has 0 bridgehead atoms. The van der Waals surface area contributed by atoms with E-state index in [1.54, 1.807) is 0 Å². The van der Waals surface area contributed by atoms with E-state index < -0.39 is 0 Å². The van der Waals surface area contributed by atoms with Crippen LogP contribution in [0.5, 0.6) is 0 Å². The van der Waals surface area contributed by atoms with Crippen LogP contribution in [0.2, 0.25) is 5.02 Å². The van der Waals surface area contributed by atoms with Gasteiger partial charge in [0, 0.05) is 11.6 Å². The lowest BCUT2D eigenvalue weighted by molar-refractivity contribution is -0.122. The Kier molecular flexibility index (Phi) is 6.76. The summed E-state index contributed by atoms with van der Waals surface area (Å²) >= 11 is 5.80. The molecule has 18 heavy (non-hydrogen) atoms. The van der Waals surface area contributed by atoms with Gasteiger partial charge in [-0.3, -0.25) is 4.79 Å². The molecule has 3 nitrogen and oxygen atoms in total. The van der Waals surface area contributed by atoms with E-state index in [1.807, 2.05) is 24.3 Å². The number of carbonyl (C=O) groups excluding carboxylic acids is 1. The van der Waals surface area contributed by atoms with E-state index in [4.69, 9.17) is 17.3 Å². The van der Waals surface area contributed by atoms with E-state index in [0.717, 1.165) is 36.3 Å². The summed E-state index contributed by atoms with van der Waals surface area (Å²) in [4.78, 5) is 11.6. The van der Waals surface area contributed by atoms with E-state index in [-0.39, 0.29) is 11.9 Å². The SMILES string of the molecule is CCCCC(N)C(=O)NCCc1ccc(Cl)cc1. The van der Waals surface area contributed by atoms with Crippen LogP contribution in [0.15, 0.2) is 24.3 Å². The van der Waals surface area contributed by atoms with Crippen molar-refractivity contribution in [2.45, 2.75) is 38.6 Å². The van der Waals surface area contributed by atoms with Crippen LogP contribution < -0.4 is 11.1 Å². The van der Waals surface area contributed by atoms with E-state index in [2.05, 4.69) is 12.2 Å². The van der Waals surface area contributed by atoms with Crippen LogP contribution >= 0.6 is 11.6 Å². The number of rotatable bonds is 7. The second-order valence-corrected chi connectivity index (χ2v) is 4.85. The first-order chi connectivity index (χ1) is 8.63. The molecule has 0 saturated heterocycles. The van der Waals surface area contributed by atoms with Crippen LogP contribution in [0.4, 0.5) is 0 Å². The van der Waals surface area contributed by atoms with Gasteiger partial charge in [-0.15, -0.1) is 0 Å². The standard InChI is InChI=1S/C14H21ClN2O/c1-2-3-4-13(16)14(18)17-10-9-11-5-7-12(15)8-6-11/h5-8,13H,2-4,9-10,16H2,1H3,(H,17,18). The Morgan fingerprint density at radius 1 is 1.39 bits per heavy atom. The number of hydrogen-bond donors (Lipinski definition) is 2. The summed E-state index contributed by atoms with van der Waals surface area (Å²) in [5, 5.41) is 3.58. The van der Waals surface area contributed by atoms with Gasteiger partial charge in [0.05, 0.1) is 6.04 Å². The molecule has 0 aliphatic rings. The zero-order chi connectivity index (χ0) is 13.4. The zero-order valence-corrected chi connectivity index (χ0v) is 11.5. The highest BCUT2D eigenvalue weighted by atomic mass is 35.5. The summed E-state index contributed by atoms with van der Waals surface area (Å²) in [7, 11) is 0. The van der Waals surface area contributed by atoms with Gasteiger partial charge in [-0.2, -0.15) is 0 Å². The second kappa shape index (κ2) is 8.11. The molecule has 0 saturated carbocycles. The average molecular weight is 269 g/mol.